The molecule has 0 aromatic heterocycles. The second kappa shape index (κ2) is 7.08. The molecule has 108 valence electrons. The van der Waals surface area contributed by atoms with Crippen LogP contribution in [-0.2, 0) is 14.4 Å². The highest BCUT2D eigenvalue weighted by Crippen LogP contribution is 2.28. The van der Waals surface area contributed by atoms with E-state index < -0.39 is 17.9 Å². The number of carbonyl (C=O) groups is 3. The summed E-state index contributed by atoms with van der Waals surface area (Å²) in [5.74, 6) is -2.06. The first-order chi connectivity index (χ1) is 8.93. The Hall–Kier alpha value is -1.63. The average molecular weight is 271 g/mol. The molecule has 1 atom stereocenters. The topological polar surface area (TPSA) is 136 Å². The molecule has 6 N–H and O–H groups in total. The SMILES string of the molecule is NCC1CCC(C(=O)N[C@@H](CC(N)=O)C(=O)O)CC1. The lowest BCUT2D eigenvalue weighted by Gasteiger charge is -2.27. The van der Waals surface area contributed by atoms with Crippen LogP contribution in [-0.4, -0.2) is 35.5 Å². The molecule has 7 heteroatoms. The van der Waals surface area contributed by atoms with Crippen LogP contribution in [0.2, 0.25) is 0 Å². The van der Waals surface area contributed by atoms with E-state index in [-0.39, 0.29) is 18.2 Å². The van der Waals surface area contributed by atoms with E-state index >= 15 is 0 Å². The number of hydrogen-bond donors (Lipinski definition) is 4. The highest BCUT2D eigenvalue weighted by atomic mass is 16.4. The monoisotopic (exact) mass is 271 g/mol. The number of hydrogen-bond acceptors (Lipinski definition) is 4. The van der Waals surface area contributed by atoms with Gasteiger partial charge < -0.3 is 21.9 Å². The molecule has 1 saturated carbocycles. The first-order valence-corrected chi connectivity index (χ1v) is 6.45. The highest BCUT2D eigenvalue weighted by Gasteiger charge is 2.29. The van der Waals surface area contributed by atoms with Gasteiger partial charge in [-0.1, -0.05) is 0 Å². The van der Waals surface area contributed by atoms with Gasteiger partial charge in [0.1, 0.15) is 6.04 Å². The van der Waals surface area contributed by atoms with Crippen molar-refractivity contribution in [3.8, 4) is 0 Å². The van der Waals surface area contributed by atoms with E-state index in [1.165, 1.54) is 0 Å². The lowest BCUT2D eigenvalue weighted by atomic mass is 9.81. The van der Waals surface area contributed by atoms with Crippen LogP contribution in [0.15, 0.2) is 0 Å². The molecule has 1 rings (SSSR count). The third kappa shape index (κ3) is 4.86. The second-order valence-corrected chi connectivity index (χ2v) is 5.02. The molecule has 0 aromatic rings. The van der Waals surface area contributed by atoms with Crippen LogP contribution in [0, 0.1) is 11.8 Å². The number of primary amides is 1. The molecule has 1 aliphatic carbocycles. The Labute approximate surface area is 111 Å². The van der Waals surface area contributed by atoms with E-state index in [4.69, 9.17) is 16.6 Å². The normalized spacial score (nSPS) is 24.5. The zero-order valence-corrected chi connectivity index (χ0v) is 10.8. The summed E-state index contributed by atoms with van der Waals surface area (Å²) in [4.78, 5) is 33.6. The molecule has 1 fully saturated rings. The molecule has 0 unspecified atom stereocenters. The Kier molecular flexibility index (Phi) is 5.75. The quantitative estimate of drug-likeness (QED) is 0.501. The smallest absolute Gasteiger partial charge is 0.326 e. The van der Waals surface area contributed by atoms with E-state index in [2.05, 4.69) is 5.32 Å². The summed E-state index contributed by atoms with van der Waals surface area (Å²) in [6.45, 7) is 0.619. The standard InChI is InChI=1S/C12H21N3O4/c13-6-7-1-3-8(4-2-7)11(17)15-9(12(18)19)5-10(14)16/h7-9H,1-6,13H2,(H2,14,16)(H,15,17)(H,18,19)/t7?,8?,9-/m0/s1. The van der Waals surface area contributed by atoms with E-state index in [1.54, 1.807) is 0 Å². The fraction of sp³-hybridized carbons (Fsp3) is 0.750. The van der Waals surface area contributed by atoms with Gasteiger partial charge in [-0.2, -0.15) is 0 Å². The third-order valence-electron chi connectivity index (χ3n) is 3.57. The fourth-order valence-corrected chi connectivity index (χ4v) is 2.35. The Bertz CT molecular complexity index is 351. The number of amides is 2. The van der Waals surface area contributed by atoms with Crippen LogP contribution in [0.3, 0.4) is 0 Å². The number of nitrogens with one attached hydrogen (secondary N) is 1. The number of carboxylic acids is 1. The minimum atomic E-state index is -1.25. The van der Waals surface area contributed by atoms with Crippen molar-refractivity contribution in [2.75, 3.05) is 6.54 Å². The molecular weight excluding hydrogens is 250 g/mol. The van der Waals surface area contributed by atoms with Crippen LogP contribution < -0.4 is 16.8 Å². The van der Waals surface area contributed by atoms with E-state index in [9.17, 15) is 14.4 Å². The van der Waals surface area contributed by atoms with Gasteiger partial charge in [0.2, 0.25) is 11.8 Å². The van der Waals surface area contributed by atoms with Crippen LogP contribution in [0.5, 0.6) is 0 Å². The minimum Gasteiger partial charge on any atom is -0.480 e. The Morgan fingerprint density at radius 2 is 1.79 bits per heavy atom. The molecule has 1 aliphatic rings. The van der Waals surface area contributed by atoms with Crippen molar-refractivity contribution >= 4 is 17.8 Å². The Morgan fingerprint density at radius 3 is 2.21 bits per heavy atom. The van der Waals surface area contributed by atoms with Gasteiger partial charge in [-0.25, -0.2) is 4.79 Å². The highest BCUT2D eigenvalue weighted by molar-refractivity contribution is 5.88. The predicted molar refractivity (Wildman–Crippen MR) is 67.9 cm³/mol. The first kappa shape index (κ1) is 15.4. The van der Waals surface area contributed by atoms with Crippen molar-refractivity contribution < 1.29 is 19.5 Å². The van der Waals surface area contributed by atoms with Crippen LogP contribution in [0.1, 0.15) is 32.1 Å². The second-order valence-electron chi connectivity index (χ2n) is 5.02. The number of carboxylic acid groups (broad SMARTS) is 1. The third-order valence-corrected chi connectivity index (χ3v) is 3.57. The Balaban J connectivity index is 2.48. The maximum Gasteiger partial charge on any atom is 0.326 e. The molecule has 7 nitrogen and oxygen atoms in total. The summed E-state index contributed by atoms with van der Waals surface area (Å²) < 4.78 is 0. The number of nitrogens with two attached hydrogens (primary N) is 2. The van der Waals surface area contributed by atoms with E-state index in [1.807, 2.05) is 0 Å². The van der Waals surface area contributed by atoms with Crippen LogP contribution >= 0.6 is 0 Å². The predicted octanol–water partition coefficient (Wildman–Crippen LogP) is -0.804. The lowest BCUT2D eigenvalue weighted by Crippen LogP contribution is -2.46. The van der Waals surface area contributed by atoms with Gasteiger partial charge in [0.15, 0.2) is 0 Å². The number of rotatable bonds is 6. The van der Waals surface area contributed by atoms with Gasteiger partial charge in [-0.3, -0.25) is 9.59 Å². The van der Waals surface area contributed by atoms with Gasteiger partial charge in [-0.05, 0) is 38.1 Å². The van der Waals surface area contributed by atoms with Gasteiger partial charge in [-0.15, -0.1) is 0 Å². The van der Waals surface area contributed by atoms with Crippen molar-refractivity contribution in [3.05, 3.63) is 0 Å². The van der Waals surface area contributed by atoms with Gasteiger partial charge >= 0.3 is 5.97 Å². The molecule has 0 bridgehead atoms. The summed E-state index contributed by atoms with van der Waals surface area (Å²) in [7, 11) is 0. The van der Waals surface area contributed by atoms with Crippen LogP contribution in [0.25, 0.3) is 0 Å². The molecule has 2 amide bonds. The maximum absolute atomic E-state index is 11.9. The van der Waals surface area contributed by atoms with Crippen molar-refractivity contribution in [1.82, 2.24) is 5.32 Å². The lowest BCUT2D eigenvalue weighted by molar-refractivity contribution is -0.144. The molecule has 0 heterocycles. The van der Waals surface area contributed by atoms with Crippen molar-refractivity contribution in [3.63, 3.8) is 0 Å². The summed E-state index contributed by atoms with van der Waals surface area (Å²) >= 11 is 0. The zero-order chi connectivity index (χ0) is 14.4. The van der Waals surface area contributed by atoms with Crippen LogP contribution in [0.4, 0.5) is 0 Å². The first-order valence-electron chi connectivity index (χ1n) is 6.45. The molecule has 0 aliphatic heterocycles. The van der Waals surface area contributed by atoms with Crippen molar-refractivity contribution in [1.29, 1.82) is 0 Å². The van der Waals surface area contributed by atoms with E-state index in [0.29, 0.717) is 25.3 Å². The summed E-state index contributed by atoms with van der Waals surface area (Å²) in [6.07, 6.45) is 2.77. The fourth-order valence-electron chi connectivity index (χ4n) is 2.35. The van der Waals surface area contributed by atoms with Gasteiger partial charge in [0.05, 0.1) is 6.42 Å². The Morgan fingerprint density at radius 1 is 1.21 bits per heavy atom. The molecule has 0 radical (unpaired) electrons. The molecule has 0 saturated heterocycles. The van der Waals surface area contributed by atoms with Gasteiger partial charge in [0, 0.05) is 5.92 Å². The maximum atomic E-state index is 11.9. The molecular formula is C12H21N3O4. The van der Waals surface area contributed by atoms with E-state index in [0.717, 1.165) is 12.8 Å². The summed E-state index contributed by atoms with van der Waals surface area (Å²) in [6, 6.07) is -1.24. The van der Waals surface area contributed by atoms with Gasteiger partial charge in [0.25, 0.3) is 0 Å². The average Bonchev–Trinajstić information content (AvgIpc) is 2.37. The number of aliphatic carboxylic acids is 1. The van der Waals surface area contributed by atoms with Crippen molar-refractivity contribution in [2.45, 2.75) is 38.1 Å². The zero-order valence-electron chi connectivity index (χ0n) is 10.8. The summed E-state index contributed by atoms with van der Waals surface area (Å²) in [5.41, 5.74) is 10.5. The largest absolute Gasteiger partial charge is 0.480 e. The number of carbonyl (C=O) groups excluding carboxylic acids is 2. The van der Waals surface area contributed by atoms with Crippen molar-refractivity contribution in [2.24, 2.45) is 23.3 Å². The summed E-state index contributed by atoms with van der Waals surface area (Å²) in [5, 5.41) is 11.3. The minimum absolute atomic E-state index is 0.197. The molecule has 0 aromatic carbocycles. The molecule has 0 spiro atoms. The molecule has 19 heavy (non-hydrogen) atoms.